The third kappa shape index (κ3) is 2.26. The van der Waals surface area contributed by atoms with Crippen LogP contribution in [0.25, 0.3) is 0 Å². The molecule has 70 valence electrons. The Bertz CT molecular complexity index is 260. The highest BCUT2D eigenvalue weighted by atomic mass is 32.2. The molecule has 1 fully saturated rings. The molecule has 0 aromatic heterocycles. The molecular formula is C11H14OS. The van der Waals surface area contributed by atoms with E-state index in [1.165, 1.54) is 11.3 Å². The van der Waals surface area contributed by atoms with Gasteiger partial charge >= 0.3 is 0 Å². The van der Waals surface area contributed by atoms with Crippen LogP contribution in [0.3, 0.4) is 0 Å². The summed E-state index contributed by atoms with van der Waals surface area (Å²) in [6.07, 6.45) is 1.59. The van der Waals surface area contributed by atoms with Crippen LogP contribution in [-0.2, 0) is 4.74 Å². The minimum atomic E-state index is 0.408. The van der Waals surface area contributed by atoms with Crippen molar-refractivity contribution in [3.8, 4) is 0 Å². The lowest BCUT2D eigenvalue weighted by Gasteiger charge is -2.12. The molecule has 1 aromatic rings. The van der Waals surface area contributed by atoms with E-state index < -0.39 is 0 Å². The van der Waals surface area contributed by atoms with Crippen molar-refractivity contribution < 1.29 is 4.74 Å². The molecular weight excluding hydrogens is 180 g/mol. The van der Waals surface area contributed by atoms with Crippen LogP contribution in [0.1, 0.15) is 13.3 Å². The highest BCUT2D eigenvalue weighted by molar-refractivity contribution is 8.00. The van der Waals surface area contributed by atoms with Crippen molar-refractivity contribution in [1.29, 1.82) is 0 Å². The SMILES string of the molecule is CC1OCCC1Sc1ccccc1. The van der Waals surface area contributed by atoms with Crippen molar-refractivity contribution in [2.75, 3.05) is 6.61 Å². The minimum Gasteiger partial charge on any atom is -0.377 e. The molecule has 0 saturated carbocycles. The van der Waals surface area contributed by atoms with Crippen molar-refractivity contribution in [1.82, 2.24) is 0 Å². The zero-order chi connectivity index (χ0) is 9.10. The van der Waals surface area contributed by atoms with Crippen molar-refractivity contribution in [3.05, 3.63) is 30.3 Å². The highest BCUT2D eigenvalue weighted by Crippen LogP contribution is 2.31. The van der Waals surface area contributed by atoms with Gasteiger partial charge in [0.05, 0.1) is 6.10 Å². The second-order valence-electron chi connectivity index (χ2n) is 3.33. The van der Waals surface area contributed by atoms with Crippen LogP contribution in [0.15, 0.2) is 35.2 Å². The molecule has 0 aliphatic carbocycles. The Kier molecular flexibility index (Phi) is 2.91. The molecule has 0 amide bonds. The summed E-state index contributed by atoms with van der Waals surface area (Å²) < 4.78 is 5.52. The molecule has 2 rings (SSSR count). The van der Waals surface area contributed by atoms with Gasteiger partial charge in [0.2, 0.25) is 0 Å². The molecule has 0 radical (unpaired) electrons. The monoisotopic (exact) mass is 194 g/mol. The van der Waals surface area contributed by atoms with Crippen molar-refractivity contribution >= 4 is 11.8 Å². The number of hydrogen-bond acceptors (Lipinski definition) is 2. The minimum absolute atomic E-state index is 0.408. The lowest BCUT2D eigenvalue weighted by Crippen LogP contribution is -2.12. The molecule has 0 bridgehead atoms. The number of hydrogen-bond donors (Lipinski definition) is 0. The van der Waals surface area contributed by atoms with Gasteiger partial charge in [0.25, 0.3) is 0 Å². The van der Waals surface area contributed by atoms with Crippen LogP contribution < -0.4 is 0 Å². The Morgan fingerprint density at radius 1 is 1.31 bits per heavy atom. The summed E-state index contributed by atoms with van der Waals surface area (Å²) in [5, 5.41) is 0.641. The van der Waals surface area contributed by atoms with Crippen molar-refractivity contribution in [2.24, 2.45) is 0 Å². The summed E-state index contributed by atoms with van der Waals surface area (Å²) in [4.78, 5) is 1.35. The summed E-state index contributed by atoms with van der Waals surface area (Å²) in [7, 11) is 0. The molecule has 2 heteroatoms. The van der Waals surface area contributed by atoms with Crippen LogP contribution in [-0.4, -0.2) is 18.0 Å². The zero-order valence-corrected chi connectivity index (χ0v) is 8.59. The van der Waals surface area contributed by atoms with Gasteiger partial charge in [0, 0.05) is 16.8 Å². The molecule has 2 unspecified atom stereocenters. The first-order chi connectivity index (χ1) is 6.36. The first kappa shape index (κ1) is 9.10. The van der Waals surface area contributed by atoms with E-state index >= 15 is 0 Å². The standard InChI is InChI=1S/C11H14OS/c1-9-11(7-8-12-9)13-10-5-3-2-4-6-10/h2-6,9,11H,7-8H2,1H3. The molecule has 1 aromatic carbocycles. The molecule has 1 saturated heterocycles. The molecule has 1 heterocycles. The van der Waals surface area contributed by atoms with Gasteiger partial charge in [-0.2, -0.15) is 0 Å². The maximum Gasteiger partial charge on any atom is 0.0669 e. The van der Waals surface area contributed by atoms with Gasteiger partial charge in [-0.25, -0.2) is 0 Å². The van der Waals surface area contributed by atoms with E-state index in [4.69, 9.17) is 4.74 Å². The number of thioether (sulfide) groups is 1. The van der Waals surface area contributed by atoms with Gasteiger partial charge in [-0.1, -0.05) is 18.2 Å². The molecule has 1 aliphatic rings. The van der Waals surface area contributed by atoms with Crippen LogP contribution >= 0.6 is 11.8 Å². The normalized spacial score (nSPS) is 27.8. The Morgan fingerprint density at radius 3 is 2.69 bits per heavy atom. The second kappa shape index (κ2) is 4.16. The molecule has 1 aliphatic heterocycles. The molecule has 0 spiro atoms. The molecule has 13 heavy (non-hydrogen) atoms. The third-order valence-corrected chi connectivity index (χ3v) is 3.80. The lowest BCUT2D eigenvalue weighted by molar-refractivity contribution is 0.127. The summed E-state index contributed by atoms with van der Waals surface area (Å²) in [5.41, 5.74) is 0. The van der Waals surface area contributed by atoms with E-state index in [1.807, 2.05) is 11.8 Å². The third-order valence-electron chi connectivity index (χ3n) is 2.34. The van der Waals surface area contributed by atoms with Gasteiger partial charge in [-0.3, -0.25) is 0 Å². The lowest BCUT2D eigenvalue weighted by atomic mass is 10.3. The van der Waals surface area contributed by atoms with E-state index in [2.05, 4.69) is 37.3 Å². The predicted molar refractivity (Wildman–Crippen MR) is 56.1 cm³/mol. The second-order valence-corrected chi connectivity index (χ2v) is 4.65. The van der Waals surface area contributed by atoms with E-state index in [0.717, 1.165) is 6.61 Å². The summed E-state index contributed by atoms with van der Waals surface area (Å²) in [6.45, 7) is 3.08. The Hall–Kier alpha value is -0.470. The number of rotatable bonds is 2. The average Bonchev–Trinajstić information content (AvgIpc) is 2.54. The first-order valence-corrected chi connectivity index (χ1v) is 5.57. The van der Waals surface area contributed by atoms with Gasteiger partial charge in [0.15, 0.2) is 0 Å². The van der Waals surface area contributed by atoms with Crippen molar-refractivity contribution in [2.45, 2.75) is 29.6 Å². The fraction of sp³-hybridized carbons (Fsp3) is 0.455. The van der Waals surface area contributed by atoms with Crippen LogP contribution in [0.5, 0.6) is 0 Å². The number of ether oxygens (including phenoxy) is 1. The topological polar surface area (TPSA) is 9.23 Å². The maximum atomic E-state index is 5.52. The van der Waals surface area contributed by atoms with Crippen LogP contribution in [0.2, 0.25) is 0 Å². The first-order valence-electron chi connectivity index (χ1n) is 4.69. The number of benzene rings is 1. The predicted octanol–water partition coefficient (Wildman–Crippen LogP) is 2.96. The average molecular weight is 194 g/mol. The van der Waals surface area contributed by atoms with Crippen LogP contribution in [0.4, 0.5) is 0 Å². The van der Waals surface area contributed by atoms with Gasteiger partial charge in [0.1, 0.15) is 0 Å². The van der Waals surface area contributed by atoms with E-state index in [1.54, 1.807) is 0 Å². The largest absolute Gasteiger partial charge is 0.377 e. The maximum absolute atomic E-state index is 5.52. The van der Waals surface area contributed by atoms with Crippen LogP contribution in [0, 0.1) is 0 Å². The molecule has 2 atom stereocenters. The summed E-state index contributed by atoms with van der Waals surface area (Å²) >= 11 is 1.93. The highest BCUT2D eigenvalue weighted by Gasteiger charge is 2.24. The van der Waals surface area contributed by atoms with E-state index in [-0.39, 0.29) is 0 Å². The van der Waals surface area contributed by atoms with E-state index in [9.17, 15) is 0 Å². The van der Waals surface area contributed by atoms with E-state index in [0.29, 0.717) is 11.4 Å². The smallest absolute Gasteiger partial charge is 0.0669 e. The molecule has 1 nitrogen and oxygen atoms in total. The fourth-order valence-corrected chi connectivity index (χ4v) is 2.69. The zero-order valence-electron chi connectivity index (χ0n) is 7.77. The Balaban J connectivity index is 1.98. The van der Waals surface area contributed by atoms with Gasteiger partial charge in [-0.05, 0) is 25.5 Å². The fourth-order valence-electron chi connectivity index (χ4n) is 1.54. The van der Waals surface area contributed by atoms with Crippen molar-refractivity contribution in [3.63, 3.8) is 0 Å². The summed E-state index contributed by atoms with van der Waals surface area (Å²) in [6, 6.07) is 10.6. The Labute approximate surface area is 83.5 Å². The quantitative estimate of drug-likeness (QED) is 0.716. The van der Waals surface area contributed by atoms with Gasteiger partial charge in [-0.15, -0.1) is 11.8 Å². The van der Waals surface area contributed by atoms with Gasteiger partial charge < -0.3 is 4.74 Å². The summed E-state index contributed by atoms with van der Waals surface area (Å²) in [5.74, 6) is 0. The Morgan fingerprint density at radius 2 is 2.08 bits per heavy atom. The molecule has 0 N–H and O–H groups in total.